The number of halogens is 1. The van der Waals surface area contributed by atoms with E-state index in [-0.39, 0.29) is 0 Å². The minimum absolute atomic E-state index is 0.385. The van der Waals surface area contributed by atoms with E-state index in [2.05, 4.69) is 34.4 Å². The molecule has 0 fully saturated rings. The van der Waals surface area contributed by atoms with Gasteiger partial charge in [-0.2, -0.15) is 0 Å². The van der Waals surface area contributed by atoms with E-state index < -0.39 is 0 Å². The molecule has 2 N–H and O–H groups in total. The number of anilines is 2. The fraction of sp³-hybridized carbons (Fsp3) is 0.375. The molecule has 1 atom stereocenters. The number of hydrogen-bond donors (Lipinski definition) is 2. The minimum Gasteiger partial charge on any atom is -0.367 e. The lowest BCUT2D eigenvalue weighted by Crippen LogP contribution is -2.15. The molecule has 0 amide bonds. The second-order valence-corrected chi connectivity index (χ2v) is 5.49. The van der Waals surface area contributed by atoms with Gasteiger partial charge in [-0.15, -0.1) is 0 Å². The quantitative estimate of drug-likeness (QED) is 0.837. The average molecular weight is 305 g/mol. The van der Waals surface area contributed by atoms with E-state index in [0.717, 1.165) is 34.5 Å². The zero-order chi connectivity index (χ0) is 15.2. The molecule has 1 aromatic heterocycles. The maximum atomic E-state index is 6.16. The maximum absolute atomic E-state index is 6.16. The summed E-state index contributed by atoms with van der Waals surface area (Å²) in [5.74, 6) is 2.39. The molecule has 0 radical (unpaired) electrons. The van der Waals surface area contributed by atoms with Crippen LogP contribution < -0.4 is 10.6 Å². The van der Waals surface area contributed by atoms with Crippen LogP contribution in [0.1, 0.15) is 31.7 Å². The van der Waals surface area contributed by atoms with Crippen LogP contribution in [0.5, 0.6) is 0 Å². The number of hydrogen-bond acceptors (Lipinski definition) is 4. The first-order valence-corrected chi connectivity index (χ1v) is 7.55. The summed E-state index contributed by atoms with van der Waals surface area (Å²) in [6, 6.07) is 10.1. The third-order valence-electron chi connectivity index (χ3n) is 3.26. The summed E-state index contributed by atoms with van der Waals surface area (Å²) in [6.07, 6.45) is 1.05. The normalized spacial score (nSPS) is 12.0. The Kier molecular flexibility index (Phi) is 5.39. The van der Waals surface area contributed by atoms with Crippen molar-refractivity contribution in [1.29, 1.82) is 0 Å². The molecule has 4 nitrogen and oxygen atoms in total. The highest BCUT2D eigenvalue weighted by atomic mass is 35.5. The van der Waals surface area contributed by atoms with Gasteiger partial charge >= 0.3 is 0 Å². The van der Waals surface area contributed by atoms with E-state index in [1.54, 1.807) is 0 Å². The Balaban J connectivity index is 2.08. The van der Waals surface area contributed by atoms with Crippen LogP contribution in [0, 0.1) is 6.92 Å². The van der Waals surface area contributed by atoms with E-state index in [0.29, 0.717) is 12.6 Å². The van der Waals surface area contributed by atoms with Crippen LogP contribution in [0.3, 0.4) is 0 Å². The number of aromatic nitrogens is 2. The molecule has 0 bridgehead atoms. The Morgan fingerprint density at radius 1 is 1.19 bits per heavy atom. The molecule has 1 aromatic carbocycles. The van der Waals surface area contributed by atoms with Gasteiger partial charge in [0.25, 0.3) is 0 Å². The van der Waals surface area contributed by atoms with Crippen molar-refractivity contribution in [2.24, 2.45) is 0 Å². The lowest BCUT2D eigenvalue weighted by molar-refractivity contribution is 0.757. The third-order valence-corrected chi connectivity index (χ3v) is 3.63. The summed E-state index contributed by atoms with van der Waals surface area (Å²) in [6.45, 7) is 6.80. The first-order chi connectivity index (χ1) is 10.1. The standard InChI is InChI=1S/C16H21ClN4/c1-4-11(2)19-16-9-15(20-12(3)21-16)18-10-13-7-5-6-8-14(13)17/h5-9,11H,4,10H2,1-3H3,(H2,18,19,20,21). The van der Waals surface area contributed by atoms with Crippen molar-refractivity contribution in [1.82, 2.24) is 9.97 Å². The first-order valence-electron chi connectivity index (χ1n) is 7.18. The van der Waals surface area contributed by atoms with Crippen LogP contribution in [0.4, 0.5) is 11.6 Å². The van der Waals surface area contributed by atoms with Gasteiger partial charge in [0.1, 0.15) is 17.5 Å². The first kappa shape index (κ1) is 15.6. The zero-order valence-corrected chi connectivity index (χ0v) is 13.4. The molecule has 0 spiro atoms. The lowest BCUT2D eigenvalue weighted by Gasteiger charge is -2.14. The summed E-state index contributed by atoms with van der Waals surface area (Å²) in [5, 5.41) is 7.42. The molecule has 21 heavy (non-hydrogen) atoms. The van der Waals surface area contributed by atoms with E-state index in [1.807, 2.05) is 37.3 Å². The SMILES string of the molecule is CCC(C)Nc1cc(NCc2ccccc2Cl)nc(C)n1. The Morgan fingerprint density at radius 3 is 2.62 bits per heavy atom. The second kappa shape index (κ2) is 7.27. The van der Waals surface area contributed by atoms with Crippen molar-refractivity contribution < 1.29 is 0 Å². The number of aryl methyl sites for hydroxylation is 1. The summed E-state index contributed by atoms with van der Waals surface area (Å²) in [4.78, 5) is 8.81. The van der Waals surface area contributed by atoms with Crippen LogP contribution in [0.15, 0.2) is 30.3 Å². The highest BCUT2D eigenvalue weighted by Gasteiger charge is 2.05. The van der Waals surface area contributed by atoms with Crippen molar-refractivity contribution >= 4 is 23.2 Å². The molecular formula is C16H21ClN4. The molecule has 5 heteroatoms. The largest absolute Gasteiger partial charge is 0.367 e. The second-order valence-electron chi connectivity index (χ2n) is 5.08. The van der Waals surface area contributed by atoms with Crippen LogP contribution in [0.2, 0.25) is 5.02 Å². The predicted octanol–water partition coefficient (Wildman–Crippen LogP) is 4.26. The Bertz CT molecular complexity index is 601. The van der Waals surface area contributed by atoms with Gasteiger partial charge in [-0.3, -0.25) is 0 Å². The smallest absolute Gasteiger partial charge is 0.132 e. The van der Waals surface area contributed by atoms with Gasteiger partial charge in [-0.25, -0.2) is 9.97 Å². The highest BCUT2D eigenvalue weighted by molar-refractivity contribution is 6.31. The monoisotopic (exact) mass is 304 g/mol. The summed E-state index contributed by atoms with van der Waals surface area (Å²) < 4.78 is 0. The van der Waals surface area contributed by atoms with Crippen LogP contribution >= 0.6 is 11.6 Å². The van der Waals surface area contributed by atoms with Crippen LogP contribution in [-0.2, 0) is 6.54 Å². The fourth-order valence-corrected chi connectivity index (χ4v) is 2.12. The van der Waals surface area contributed by atoms with Gasteiger partial charge in [-0.05, 0) is 31.9 Å². The molecule has 2 aromatic rings. The molecule has 0 aliphatic heterocycles. The highest BCUT2D eigenvalue weighted by Crippen LogP contribution is 2.18. The number of rotatable bonds is 6. The van der Waals surface area contributed by atoms with E-state index in [1.165, 1.54) is 0 Å². The van der Waals surface area contributed by atoms with Crippen molar-refractivity contribution in [2.75, 3.05) is 10.6 Å². The Morgan fingerprint density at radius 2 is 1.90 bits per heavy atom. The van der Waals surface area contributed by atoms with Gasteiger partial charge in [0.2, 0.25) is 0 Å². The molecule has 2 rings (SSSR count). The Hall–Kier alpha value is -1.81. The van der Waals surface area contributed by atoms with Crippen molar-refractivity contribution in [2.45, 2.75) is 39.8 Å². The summed E-state index contributed by atoms with van der Waals surface area (Å²) in [7, 11) is 0. The number of nitrogens with one attached hydrogen (secondary N) is 2. The molecule has 0 aliphatic carbocycles. The molecule has 0 aliphatic rings. The van der Waals surface area contributed by atoms with Crippen molar-refractivity contribution in [3.8, 4) is 0 Å². The lowest BCUT2D eigenvalue weighted by atomic mass is 10.2. The zero-order valence-electron chi connectivity index (χ0n) is 12.7. The molecular weight excluding hydrogens is 284 g/mol. The van der Waals surface area contributed by atoms with Crippen LogP contribution in [0.25, 0.3) is 0 Å². The topological polar surface area (TPSA) is 49.8 Å². The van der Waals surface area contributed by atoms with Crippen LogP contribution in [-0.4, -0.2) is 16.0 Å². The van der Waals surface area contributed by atoms with Gasteiger partial charge in [0.05, 0.1) is 0 Å². The molecule has 1 unspecified atom stereocenters. The van der Waals surface area contributed by atoms with Gasteiger partial charge in [0.15, 0.2) is 0 Å². The maximum Gasteiger partial charge on any atom is 0.132 e. The summed E-state index contributed by atoms with van der Waals surface area (Å²) in [5.41, 5.74) is 1.05. The van der Waals surface area contributed by atoms with Crippen molar-refractivity contribution in [3.63, 3.8) is 0 Å². The minimum atomic E-state index is 0.385. The van der Waals surface area contributed by atoms with Crippen molar-refractivity contribution in [3.05, 3.63) is 46.7 Å². The Labute approximate surface area is 131 Å². The fourth-order valence-electron chi connectivity index (χ4n) is 1.91. The van der Waals surface area contributed by atoms with Gasteiger partial charge in [0, 0.05) is 23.7 Å². The molecule has 112 valence electrons. The van der Waals surface area contributed by atoms with E-state index in [9.17, 15) is 0 Å². The summed E-state index contributed by atoms with van der Waals surface area (Å²) >= 11 is 6.16. The van der Waals surface area contributed by atoms with E-state index in [4.69, 9.17) is 11.6 Å². The number of benzene rings is 1. The van der Waals surface area contributed by atoms with E-state index >= 15 is 0 Å². The third kappa shape index (κ3) is 4.60. The molecule has 0 saturated carbocycles. The number of nitrogens with zero attached hydrogens (tertiary/aromatic N) is 2. The average Bonchev–Trinajstić information content (AvgIpc) is 2.45. The molecule has 0 saturated heterocycles. The predicted molar refractivity (Wildman–Crippen MR) is 88.9 cm³/mol. The molecule has 1 heterocycles. The van der Waals surface area contributed by atoms with Gasteiger partial charge in [-0.1, -0.05) is 36.7 Å². The van der Waals surface area contributed by atoms with Gasteiger partial charge < -0.3 is 10.6 Å².